The first kappa shape index (κ1) is 29.1. The van der Waals surface area contributed by atoms with Crippen molar-refractivity contribution in [2.24, 2.45) is 23.7 Å². The molecule has 176 valence electrons. The lowest BCUT2D eigenvalue weighted by molar-refractivity contribution is -0.695. The van der Waals surface area contributed by atoms with Gasteiger partial charge in [0.1, 0.15) is 13.1 Å². The second kappa shape index (κ2) is 20.0. The van der Waals surface area contributed by atoms with Gasteiger partial charge in [-0.2, -0.15) is 0 Å². The van der Waals surface area contributed by atoms with Gasteiger partial charge in [0.2, 0.25) is 0 Å². The van der Waals surface area contributed by atoms with Crippen LogP contribution in [0.4, 0.5) is 0 Å². The lowest BCUT2D eigenvalue weighted by Crippen LogP contribution is -2.92. The molecule has 0 heterocycles. The summed E-state index contributed by atoms with van der Waals surface area (Å²) in [6.45, 7) is 14.9. The summed E-state index contributed by atoms with van der Waals surface area (Å²) in [7, 11) is 0. The Morgan fingerprint density at radius 2 is 1.31 bits per heavy atom. The molecule has 0 fully saturated rings. The van der Waals surface area contributed by atoms with Crippen molar-refractivity contribution in [3.8, 4) is 0 Å². The molecule has 5 unspecified atom stereocenters. The van der Waals surface area contributed by atoms with Crippen molar-refractivity contribution in [3.63, 3.8) is 0 Å². The van der Waals surface area contributed by atoms with Gasteiger partial charge < -0.3 is 26.3 Å². The van der Waals surface area contributed by atoms with Crippen molar-refractivity contribution in [1.29, 1.82) is 0 Å². The zero-order valence-electron chi connectivity index (χ0n) is 19.9. The van der Waals surface area contributed by atoms with E-state index in [9.17, 15) is 5.11 Å². The van der Waals surface area contributed by atoms with Crippen LogP contribution in [0.25, 0.3) is 4.84 Å². The van der Waals surface area contributed by atoms with Crippen molar-refractivity contribution in [3.05, 3.63) is 4.84 Å². The van der Waals surface area contributed by atoms with Crippen molar-refractivity contribution in [1.82, 2.24) is 0 Å². The highest BCUT2D eigenvalue weighted by molar-refractivity contribution is 6.24. The third-order valence-corrected chi connectivity index (χ3v) is 6.66. The second-order valence-corrected chi connectivity index (χ2v) is 9.62. The van der Waals surface area contributed by atoms with Crippen LogP contribution in [-0.2, 0) is 0 Å². The van der Waals surface area contributed by atoms with Gasteiger partial charge in [-0.15, -0.1) is 6.54 Å². The van der Waals surface area contributed by atoms with E-state index in [0.717, 1.165) is 57.5 Å². The number of halogens is 1. The SMILES string of the molecule is CCC(C[NH3+])CCCC(C)C[NH2+]CC(O)C[NH2+]CC(C)CCCC(CC)C[N-]Cl. The first-order chi connectivity index (χ1) is 14.0. The molecule has 5 atom stereocenters. The van der Waals surface area contributed by atoms with Crippen molar-refractivity contribution in [2.75, 3.05) is 39.3 Å². The number of quaternary nitrogens is 3. The molecule has 0 saturated carbocycles. The molecule has 0 bridgehead atoms. The molecule has 8 N–H and O–H groups in total. The molecular weight excluding hydrogens is 384 g/mol. The van der Waals surface area contributed by atoms with Gasteiger partial charge in [-0.3, -0.25) is 11.8 Å². The largest absolute Gasteiger partial charge is 0.575 e. The predicted octanol–water partition coefficient (Wildman–Crippen LogP) is 1.91. The van der Waals surface area contributed by atoms with E-state index < -0.39 is 0 Å². The van der Waals surface area contributed by atoms with Crippen LogP contribution < -0.4 is 16.4 Å². The fourth-order valence-electron chi connectivity index (χ4n) is 4.06. The lowest BCUT2D eigenvalue weighted by Gasteiger charge is -2.21. The van der Waals surface area contributed by atoms with E-state index >= 15 is 0 Å². The van der Waals surface area contributed by atoms with Crippen LogP contribution in [0.3, 0.4) is 0 Å². The zero-order valence-corrected chi connectivity index (χ0v) is 20.7. The summed E-state index contributed by atoms with van der Waals surface area (Å²) in [4.78, 5) is 3.77. The van der Waals surface area contributed by atoms with Gasteiger partial charge in [0.05, 0.1) is 19.6 Å². The van der Waals surface area contributed by atoms with Crippen molar-refractivity contribution in [2.45, 2.75) is 85.2 Å². The number of nitrogens with two attached hydrogens (primary N) is 2. The normalized spacial score (nSPS) is 17.1. The summed E-state index contributed by atoms with van der Waals surface area (Å²) in [5.74, 6) is 2.87. The van der Waals surface area contributed by atoms with Crippen LogP contribution in [0.1, 0.15) is 79.1 Å². The summed E-state index contributed by atoms with van der Waals surface area (Å²) >= 11 is 5.50. The van der Waals surface area contributed by atoms with Crippen molar-refractivity contribution >= 4 is 11.8 Å². The minimum absolute atomic E-state index is 0.208. The van der Waals surface area contributed by atoms with Gasteiger partial charge in [0, 0.05) is 17.8 Å². The highest BCUT2D eigenvalue weighted by Gasteiger charge is 2.13. The molecule has 5 nitrogen and oxygen atoms in total. The standard InChI is InChI=1S/C23H50ClN4O/c1-5-21(13-25)11-7-9-19(3)14-26-17-23(29)18-27-15-20(4)10-8-12-22(6-2)16-28-24/h19-23,26-27,29H,5-18,25H2,1-4H3/q-1/p+3. The van der Waals surface area contributed by atoms with Crippen LogP contribution in [0.15, 0.2) is 0 Å². The monoisotopic (exact) mass is 436 g/mol. The van der Waals surface area contributed by atoms with Crippen LogP contribution in [0, 0.1) is 23.7 Å². The predicted molar refractivity (Wildman–Crippen MR) is 125 cm³/mol. The molecule has 0 radical (unpaired) electrons. The number of rotatable bonds is 21. The average Bonchev–Trinajstić information content (AvgIpc) is 2.70. The Balaban J connectivity index is 3.64. The van der Waals surface area contributed by atoms with Crippen LogP contribution in [0.5, 0.6) is 0 Å². The molecule has 0 aromatic heterocycles. The Morgan fingerprint density at radius 1 is 0.828 bits per heavy atom. The van der Waals surface area contributed by atoms with Gasteiger partial charge in [0.15, 0.2) is 6.10 Å². The Morgan fingerprint density at radius 3 is 1.72 bits per heavy atom. The maximum atomic E-state index is 10.2. The summed E-state index contributed by atoms with van der Waals surface area (Å²) in [6, 6.07) is 0. The summed E-state index contributed by atoms with van der Waals surface area (Å²) in [5.41, 5.74) is 4.05. The molecule has 0 aliphatic carbocycles. The number of aliphatic hydroxyl groups excluding tert-OH is 1. The van der Waals surface area contributed by atoms with Crippen LogP contribution in [-0.4, -0.2) is 50.5 Å². The van der Waals surface area contributed by atoms with Gasteiger partial charge in [-0.05, 0) is 25.7 Å². The minimum atomic E-state index is -0.208. The van der Waals surface area contributed by atoms with E-state index in [4.69, 9.17) is 11.8 Å². The molecule has 0 amide bonds. The summed E-state index contributed by atoms with van der Waals surface area (Å²) in [5, 5.41) is 14.8. The highest BCUT2D eigenvalue weighted by Crippen LogP contribution is 2.17. The molecule has 29 heavy (non-hydrogen) atoms. The second-order valence-electron chi connectivity index (χ2n) is 9.39. The molecule has 6 heteroatoms. The highest BCUT2D eigenvalue weighted by atomic mass is 35.5. The average molecular weight is 437 g/mol. The van der Waals surface area contributed by atoms with Crippen molar-refractivity contribution < 1.29 is 21.5 Å². The molecular formula is C23H53ClN4O+2. The number of hydrogen-bond donors (Lipinski definition) is 4. The minimum Gasteiger partial charge on any atom is -0.575 e. The first-order valence-corrected chi connectivity index (χ1v) is 12.7. The Bertz CT molecular complexity index is 345. The molecule has 0 aromatic rings. The molecule has 0 aliphatic rings. The Hall–Kier alpha value is 0.0900. The molecule has 0 aliphatic heterocycles. The molecule has 0 aromatic carbocycles. The topological polar surface area (TPSA) is 95.2 Å². The fraction of sp³-hybridized carbons (Fsp3) is 1.00. The number of nitrogens with zero attached hydrogens (tertiary/aromatic N) is 1. The smallest absolute Gasteiger partial charge is 0.151 e. The third kappa shape index (κ3) is 17.5. The van der Waals surface area contributed by atoms with E-state index in [1.54, 1.807) is 0 Å². The van der Waals surface area contributed by atoms with E-state index in [1.807, 2.05) is 0 Å². The van der Waals surface area contributed by atoms with Crippen LogP contribution in [0.2, 0.25) is 0 Å². The van der Waals surface area contributed by atoms with E-state index in [2.05, 4.69) is 48.9 Å². The fourth-order valence-corrected chi connectivity index (χ4v) is 4.26. The maximum absolute atomic E-state index is 10.2. The molecule has 0 spiro atoms. The van der Waals surface area contributed by atoms with Gasteiger partial charge in [-0.1, -0.05) is 59.3 Å². The van der Waals surface area contributed by atoms with Crippen LogP contribution >= 0.6 is 11.8 Å². The lowest BCUT2D eigenvalue weighted by atomic mass is 9.96. The van der Waals surface area contributed by atoms with E-state index in [-0.39, 0.29) is 6.10 Å². The van der Waals surface area contributed by atoms with E-state index in [0.29, 0.717) is 11.8 Å². The van der Waals surface area contributed by atoms with Gasteiger partial charge in [0.25, 0.3) is 0 Å². The molecule has 0 rings (SSSR count). The number of hydrogen-bond acceptors (Lipinski definition) is 1. The quantitative estimate of drug-likeness (QED) is 0.217. The first-order valence-electron chi connectivity index (χ1n) is 12.3. The third-order valence-electron chi connectivity index (χ3n) is 6.52. The zero-order chi connectivity index (χ0) is 21.9. The summed E-state index contributed by atoms with van der Waals surface area (Å²) in [6.07, 6.45) is 9.87. The Labute approximate surface area is 186 Å². The van der Waals surface area contributed by atoms with Gasteiger partial charge >= 0.3 is 0 Å². The Kier molecular flexibility index (Phi) is 20.1. The summed E-state index contributed by atoms with van der Waals surface area (Å²) < 4.78 is 0. The number of aliphatic hydroxyl groups is 1. The van der Waals surface area contributed by atoms with E-state index in [1.165, 1.54) is 44.9 Å². The van der Waals surface area contributed by atoms with Gasteiger partial charge in [-0.25, -0.2) is 0 Å². The maximum Gasteiger partial charge on any atom is 0.151 e. The molecule has 0 saturated heterocycles.